The first kappa shape index (κ1) is 20.9. The van der Waals surface area contributed by atoms with Crippen LogP contribution in [-0.2, 0) is 6.54 Å². The fourth-order valence-corrected chi connectivity index (χ4v) is 5.34. The van der Waals surface area contributed by atoms with Crippen molar-refractivity contribution in [3.05, 3.63) is 64.4 Å². The Hall–Kier alpha value is -2.93. The minimum atomic E-state index is 0.00521. The lowest BCUT2D eigenvalue weighted by Gasteiger charge is -2.40. The van der Waals surface area contributed by atoms with Crippen molar-refractivity contribution < 1.29 is 14.3 Å². The van der Waals surface area contributed by atoms with Gasteiger partial charge < -0.3 is 10.1 Å². The molecule has 1 atom stereocenters. The van der Waals surface area contributed by atoms with Crippen molar-refractivity contribution >= 4 is 16.9 Å². The van der Waals surface area contributed by atoms with Gasteiger partial charge in [-0.05, 0) is 59.9 Å². The summed E-state index contributed by atoms with van der Waals surface area (Å²) >= 11 is 0. The van der Waals surface area contributed by atoms with E-state index in [0.29, 0.717) is 27.4 Å². The van der Waals surface area contributed by atoms with Gasteiger partial charge in [-0.2, -0.15) is 0 Å². The Kier molecular flexibility index (Phi) is 5.37. The second-order valence-corrected chi connectivity index (χ2v) is 9.82. The van der Waals surface area contributed by atoms with Crippen LogP contribution in [0.4, 0.5) is 0 Å². The molecule has 2 fully saturated rings. The third kappa shape index (κ3) is 3.97. The van der Waals surface area contributed by atoms with Gasteiger partial charge in [0.05, 0.1) is 0 Å². The normalized spacial score (nSPS) is 21.8. The van der Waals surface area contributed by atoms with Gasteiger partial charge in [0.2, 0.25) is 11.0 Å². The van der Waals surface area contributed by atoms with Gasteiger partial charge in [-0.25, -0.2) is 0 Å². The fourth-order valence-electron chi connectivity index (χ4n) is 5.34. The van der Waals surface area contributed by atoms with Crippen molar-refractivity contribution in [2.45, 2.75) is 45.6 Å². The van der Waals surface area contributed by atoms with Gasteiger partial charge in [0.1, 0.15) is 0 Å². The van der Waals surface area contributed by atoms with E-state index in [2.05, 4.69) is 52.8 Å². The highest BCUT2D eigenvalue weighted by Crippen LogP contribution is 2.40. The molecule has 2 saturated heterocycles. The van der Waals surface area contributed by atoms with E-state index in [0.717, 1.165) is 45.6 Å². The SMILES string of the molecule is CC(C)c1ccc(CN2CCC[C@@]3(CCN(C(=O)c4ccc5c(c4)no[n+]5[O-])C3)C2)cc1. The first-order valence-corrected chi connectivity index (χ1v) is 11.5. The van der Waals surface area contributed by atoms with Crippen molar-refractivity contribution in [1.29, 1.82) is 0 Å². The summed E-state index contributed by atoms with van der Waals surface area (Å²) in [4.78, 5) is 18.0. The van der Waals surface area contributed by atoms with Gasteiger partial charge in [-0.3, -0.25) is 14.3 Å². The summed E-state index contributed by atoms with van der Waals surface area (Å²) in [5.74, 6) is 0.557. The van der Waals surface area contributed by atoms with E-state index >= 15 is 0 Å². The largest absolute Gasteiger partial charge is 0.359 e. The zero-order valence-electron chi connectivity index (χ0n) is 18.8. The van der Waals surface area contributed by atoms with Gasteiger partial charge in [0.25, 0.3) is 5.91 Å². The number of nitrogens with zero attached hydrogens (tertiary/aromatic N) is 4. The van der Waals surface area contributed by atoms with Crippen molar-refractivity contribution in [3.8, 4) is 0 Å². The predicted molar refractivity (Wildman–Crippen MR) is 121 cm³/mol. The van der Waals surface area contributed by atoms with Crippen molar-refractivity contribution in [2.24, 2.45) is 5.41 Å². The molecular weight excluding hydrogens is 404 g/mol. The van der Waals surface area contributed by atoms with E-state index < -0.39 is 0 Å². The molecule has 3 aromatic rings. The smallest absolute Gasteiger partial charge is 0.254 e. The molecule has 2 aliphatic rings. The van der Waals surface area contributed by atoms with E-state index in [1.807, 2.05) is 4.90 Å². The van der Waals surface area contributed by atoms with Crippen LogP contribution in [0.25, 0.3) is 11.0 Å². The van der Waals surface area contributed by atoms with Crippen LogP contribution in [0, 0.1) is 10.6 Å². The van der Waals surface area contributed by atoms with Gasteiger partial charge >= 0.3 is 0 Å². The molecule has 0 aliphatic carbocycles. The zero-order valence-corrected chi connectivity index (χ0v) is 18.8. The second kappa shape index (κ2) is 8.20. The Morgan fingerprint density at radius 3 is 2.75 bits per heavy atom. The number of hydrogen-bond acceptors (Lipinski definition) is 5. The Bertz CT molecular complexity index is 1120. The molecule has 7 heteroatoms. The Labute approximate surface area is 188 Å². The third-order valence-electron chi connectivity index (χ3n) is 7.15. The van der Waals surface area contributed by atoms with Crippen molar-refractivity contribution in [3.63, 3.8) is 0 Å². The average Bonchev–Trinajstić information content (AvgIpc) is 3.37. The predicted octanol–water partition coefficient (Wildman–Crippen LogP) is 3.71. The lowest BCUT2D eigenvalue weighted by molar-refractivity contribution is -0.782. The molecule has 7 nitrogen and oxygen atoms in total. The average molecular weight is 435 g/mol. The molecule has 32 heavy (non-hydrogen) atoms. The fraction of sp³-hybridized carbons (Fsp3) is 0.480. The van der Waals surface area contributed by atoms with Crippen LogP contribution in [0.15, 0.2) is 47.1 Å². The number of amides is 1. The van der Waals surface area contributed by atoms with E-state index in [9.17, 15) is 10.0 Å². The van der Waals surface area contributed by atoms with Gasteiger partial charge in [0, 0.05) is 48.4 Å². The highest BCUT2D eigenvalue weighted by molar-refractivity contribution is 5.97. The molecule has 3 heterocycles. The number of benzene rings is 2. The second-order valence-electron chi connectivity index (χ2n) is 9.82. The maximum Gasteiger partial charge on any atom is 0.254 e. The van der Waals surface area contributed by atoms with Crippen LogP contribution in [0.1, 0.15) is 60.5 Å². The van der Waals surface area contributed by atoms with Crippen LogP contribution in [0.3, 0.4) is 0 Å². The highest BCUT2D eigenvalue weighted by Gasteiger charge is 2.43. The minimum absolute atomic E-state index is 0.00521. The van der Waals surface area contributed by atoms with Gasteiger partial charge in [0.15, 0.2) is 0 Å². The molecule has 0 saturated carbocycles. The Balaban J connectivity index is 1.25. The van der Waals surface area contributed by atoms with Crippen molar-refractivity contribution in [2.75, 3.05) is 26.2 Å². The molecule has 2 aromatic carbocycles. The van der Waals surface area contributed by atoms with Gasteiger partial charge in [-0.15, -0.1) is 0 Å². The highest BCUT2D eigenvalue weighted by atomic mass is 16.8. The minimum Gasteiger partial charge on any atom is -0.359 e. The number of piperidine rings is 1. The van der Waals surface area contributed by atoms with Crippen LogP contribution in [0.2, 0.25) is 0 Å². The Morgan fingerprint density at radius 2 is 1.97 bits per heavy atom. The van der Waals surface area contributed by atoms with Crippen LogP contribution < -0.4 is 4.90 Å². The van der Waals surface area contributed by atoms with Crippen molar-refractivity contribution in [1.82, 2.24) is 15.0 Å². The topological polar surface area (TPSA) is 76.5 Å². The summed E-state index contributed by atoms with van der Waals surface area (Å²) in [6, 6.07) is 13.9. The van der Waals surface area contributed by atoms with Gasteiger partial charge in [-0.1, -0.05) is 38.1 Å². The molecule has 1 spiro atoms. The maximum atomic E-state index is 13.2. The summed E-state index contributed by atoms with van der Waals surface area (Å²) in [5, 5.41) is 15.2. The van der Waals surface area contributed by atoms with E-state index in [1.54, 1.807) is 18.2 Å². The first-order valence-electron chi connectivity index (χ1n) is 11.5. The van der Waals surface area contributed by atoms with Crippen LogP contribution >= 0.6 is 0 Å². The molecule has 2 aliphatic heterocycles. The summed E-state index contributed by atoms with van der Waals surface area (Å²) in [7, 11) is 0. The number of carbonyl (C=O) groups is 1. The zero-order chi connectivity index (χ0) is 22.3. The molecular formula is C25H30N4O3. The van der Waals surface area contributed by atoms with E-state index in [1.165, 1.54) is 17.5 Å². The quantitative estimate of drug-likeness (QED) is 0.585. The summed E-state index contributed by atoms with van der Waals surface area (Å²) < 4.78 is 4.62. The van der Waals surface area contributed by atoms with E-state index in [-0.39, 0.29) is 11.3 Å². The molecule has 0 N–H and O–H groups in total. The molecule has 0 radical (unpaired) electrons. The van der Waals surface area contributed by atoms with E-state index in [4.69, 9.17) is 0 Å². The lowest BCUT2D eigenvalue weighted by Crippen LogP contribution is -2.45. The summed E-state index contributed by atoms with van der Waals surface area (Å²) in [6.45, 7) is 9.11. The molecule has 0 unspecified atom stereocenters. The standard InChI is InChI=1S/C25H30N4O3/c1-18(2)20-6-4-19(5-7-20)15-27-12-3-10-25(16-27)11-13-28(17-25)24(30)21-8-9-23-22(14-21)26-32-29(23)31/h4-9,14,18H,3,10-13,15-17H2,1-2H3/t25-/m1/s1. The molecule has 168 valence electrons. The van der Waals surface area contributed by atoms with Crippen LogP contribution in [0.5, 0.6) is 0 Å². The number of fused-ring (bicyclic) bond motifs is 1. The number of aromatic nitrogens is 2. The third-order valence-corrected chi connectivity index (χ3v) is 7.15. The van der Waals surface area contributed by atoms with Crippen LogP contribution in [-0.4, -0.2) is 47.0 Å². The lowest BCUT2D eigenvalue weighted by atomic mass is 9.79. The number of hydrogen-bond donors (Lipinski definition) is 0. The molecule has 5 rings (SSSR count). The summed E-state index contributed by atoms with van der Waals surface area (Å²) in [6.07, 6.45) is 3.37. The molecule has 1 aromatic heterocycles. The number of carbonyl (C=O) groups excluding carboxylic acids is 1. The molecule has 1 amide bonds. The first-order chi connectivity index (χ1) is 15.4. The maximum absolute atomic E-state index is 13.2. The Morgan fingerprint density at radius 1 is 1.16 bits per heavy atom. The monoisotopic (exact) mass is 434 g/mol. The number of rotatable bonds is 4. The number of likely N-dealkylation sites (tertiary alicyclic amines) is 2. The summed E-state index contributed by atoms with van der Waals surface area (Å²) in [5.41, 5.74) is 4.20. The molecule has 0 bridgehead atoms.